The second-order valence-corrected chi connectivity index (χ2v) is 9.07. The zero-order valence-corrected chi connectivity index (χ0v) is 19.1. The molecular formula is C25H19N5O2S. The summed E-state index contributed by atoms with van der Waals surface area (Å²) in [4.78, 5) is 36.4. The number of thiazole rings is 1. The number of rotatable bonds is 2. The maximum absolute atomic E-state index is 13.3. The number of benzene rings is 2. The highest BCUT2D eigenvalue weighted by molar-refractivity contribution is 7.15. The first-order valence-electron chi connectivity index (χ1n) is 10.5. The highest BCUT2D eigenvalue weighted by atomic mass is 32.1. The molecule has 0 aliphatic heterocycles. The molecule has 4 heterocycles. The molecule has 0 saturated heterocycles. The Kier molecular flexibility index (Phi) is 4.15. The summed E-state index contributed by atoms with van der Waals surface area (Å²) in [5, 5.41) is 0.564. The van der Waals surface area contributed by atoms with Gasteiger partial charge in [0.15, 0.2) is 4.96 Å². The summed E-state index contributed by atoms with van der Waals surface area (Å²) in [6.45, 7) is 5.71. The molecule has 0 bridgehead atoms. The van der Waals surface area contributed by atoms with Crippen molar-refractivity contribution in [1.82, 2.24) is 23.7 Å². The van der Waals surface area contributed by atoms with E-state index in [1.54, 1.807) is 15.1 Å². The monoisotopic (exact) mass is 453 g/mol. The van der Waals surface area contributed by atoms with Gasteiger partial charge in [0.25, 0.3) is 11.1 Å². The van der Waals surface area contributed by atoms with Gasteiger partial charge in [-0.15, -0.1) is 0 Å². The standard InChI is InChI=1S/C25H19N5O2S/c1-14-12-17(13-22-24(32)28-21-11-7-6-10-20(21)27-25(28)33-22)15(2)29(14)30-16(3)26-19-9-5-4-8-18(19)23(30)31/h4-13H,1-3H3. The molecule has 33 heavy (non-hydrogen) atoms. The van der Waals surface area contributed by atoms with Gasteiger partial charge in [-0.25, -0.2) is 14.4 Å². The SMILES string of the molecule is Cc1cc(C=c2sc3nc4ccccc4n3c2=O)c(C)n1-n1c(C)nc2ccccc2c1=O. The second-order valence-electron chi connectivity index (χ2n) is 8.07. The van der Waals surface area contributed by atoms with Gasteiger partial charge in [-0.3, -0.25) is 14.3 Å². The summed E-state index contributed by atoms with van der Waals surface area (Å²) in [5.74, 6) is 0.595. The number of hydrogen-bond acceptors (Lipinski definition) is 5. The zero-order chi connectivity index (χ0) is 22.9. The van der Waals surface area contributed by atoms with E-state index in [9.17, 15) is 9.59 Å². The van der Waals surface area contributed by atoms with Gasteiger partial charge in [0.1, 0.15) is 5.82 Å². The van der Waals surface area contributed by atoms with E-state index in [1.165, 1.54) is 11.3 Å². The van der Waals surface area contributed by atoms with Crippen molar-refractivity contribution >= 4 is 44.3 Å². The third kappa shape index (κ3) is 2.81. The van der Waals surface area contributed by atoms with Crippen molar-refractivity contribution in [2.75, 3.05) is 0 Å². The minimum atomic E-state index is -0.128. The van der Waals surface area contributed by atoms with Crippen molar-refractivity contribution in [3.8, 4) is 0 Å². The molecule has 6 rings (SSSR count). The minimum absolute atomic E-state index is 0.0887. The third-order valence-electron chi connectivity index (χ3n) is 5.98. The van der Waals surface area contributed by atoms with E-state index in [-0.39, 0.29) is 11.1 Å². The summed E-state index contributed by atoms with van der Waals surface area (Å²) in [7, 11) is 0. The van der Waals surface area contributed by atoms with Crippen LogP contribution in [0.25, 0.3) is 33.0 Å². The Morgan fingerprint density at radius 2 is 1.58 bits per heavy atom. The molecule has 6 aromatic rings. The van der Waals surface area contributed by atoms with Crippen molar-refractivity contribution in [1.29, 1.82) is 0 Å². The molecule has 0 atom stereocenters. The summed E-state index contributed by atoms with van der Waals surface area (Å²) >= 11 is 1.37. The van der Waals surface area contributed by atoms with E-state index in [0.29, 0.717) is 26.2 Å². The fourth-order valence-corrected chi connectivity index (χ4v) is 5.43. The van der Waals surface area contributed by atoms with Gasteiger partial charge in [0, 0.05) is 11.4 Å². The van der Waals surface area contributed by atoms with Crippen molar-refractivity contribution < 1.29 is 0 Å². The number of nitrogens with zero attached hydrogens (tertiary/aromatic N) is 5. The van der Waals surface area contributed by atoms with Crippen molar-refractivity contribution in [2.24, 2.45) is 0 Å². The predicted molar refractivity (Wildman–Crippen MR) is 131 cm³/mol. The molecule has 0 aliphatic rings. The van der Waals surface area contributed by atoms with Gasteiger partial charge in [0.2, 0.25) is 0 Å². The fourth-order valence-electron chi connectivity index (χ4n) is 4.45. The van der Waals surface area contributed by atoms with Gasteiger partial charge in [-0.1, -0.05) is 35.6 Å². The summed E-state index contributed by atoms with van der Waals surface area (Å²) < 4.78 is 5.72. The first-order valence-corrected chi connectivity index (χ1v) is 11.4. The largest absolute Gasteiger partial charge is 0.280 e. The molecule has 0 radical (unpaired) electrons. The average molecular weight is 454 g/mol. The molecule has 0 saturated carbocycles. The summed E-state index contributed by atoms with van der Waals surface area (Å²) in [5.41, 5.74) is 4.68. The highest BCUT2D eigenvalue weighted by Crippen LogP contribution is 2.19. The molecule has 0 N–H and O–H groups in total. The van der Waals surface area contributed by atoms with Crippen LogP contribution in [0.4, 0.5) is 0 Å². The van der Waals surface area contributed by atoms with Crippen LogP contribution in [0, 0.1) is 20.8 Å². The number of aromatic nitrogens is 5. The molecule has 0 unspecified atom stereocenters. The minimum Gasteiger partial charge on any atom is -0.267 e. The molecule has 0 aliphatic carbocycles. The Labute approximate surface area is 191 Å². The lowest BCUT2D eigenvalue weighted by molar-refractivity contribution is 0.573. The van der Waals surface area contributed by atoms with Crippen LogP contribution < -0.4 is 15.7 Å². The average Bonchev–Trinajstić information content (AvgIpc) is 3.40. The van der Waals surface area contributed by atoms with Gasteiger partial charge >= 0.3 is 0 Å². The lowest BCUT2D eigenvalue weighted by Gasteiger charge is -2.16. The molecular weight excluding hydrogens is 434 g/mol. The molecule has 2 aromatic carbocycles. The topological polar surface area (TPSA) is 74.2 Å². The molecule has 8 heteroatoms. The molecule has 4 aromatic heterocycles. The second kappa shape index (κ2) is 6.98. The van der Waals surface area contributed by atoms with E-state index in [4.69, 9.17) is 0 Å². The number of fused-ring (bicyclic) bond motifs is 4. The van der Waals surface area contributed by atoms with Crippen LogP contribution in [-0.2, 0) is 0 Å². The maximum atomic E-state index is 13.3. The van der Waals surface area contributed by atoms with Gasteiger partial charge in [-0.05, 0) is 62.7 Å². The first kappa shape index (κ1) is 19.6. The van der Waals surface area contributed by atoms with E-state index in [0.717, 1.165) is 28.0 Å². The summed E-state index contributed by atoms with van der Waals surface area (Å²) in [6, 6.07) is 17.0. The Morgan fingerprint density at radius 3 is 2.39 bits per heavy atom. The van der Waals surface area contributed by atoms with Crippen LogP contribution in [0.3, 0.4) is 0 Å². The number of aryl methyl sites for hydroxylation is 2. The Morgan fingerprint density at radius 1 is 0.848 bits per heavy atom. The van der Waals surface area contributed by atoms with Crippen molar-refractivity contribution in [3.63, 3.8) is 0 Å². The number of imidazole rings is 1. The van der Waals surface area contributed by atoms with E-state index in [1.807, 2.05) is 80.1 Å². The summed E-state index contributed by atoms with van der Waals surface area (Å²) in [6.07, 6.45) is 1.88. The quantitative estimate of drug-likeness (QED) is 0.404. The zero-order valence-electron chi connectivity index (χ0n) is 18.2. The fraction of sp³-hybridized carbons (Fsp3) is 0.120. The molecule has 162 valence electrons. The van der Waals surface area contributed by atoms with Crippen LogP contribution in [0.15, 0.2) is 64.2 Å². The van der Waals surface area contributed by atoms with Crippen LogP contribution in [0.1, 0.15) is 22.8 Å². The van der Waals surface area contributed by atoms with Gasteiger partial charge < -0.3 is 0 Å². The Hall–Kier alpha value is -4.04. The molecule has 7 nitrogen and oxygen atoms in total. The molecule has 0 spiro atoms. The lowest BCUT2D eigenvalue weighted by Crippen LogP contribution is -2.30. The Bertz CT molecular complexity index is 1910. The van der Waals surface area contributed by atoms with Crippen LogP contribution in [0.5, 0.6) is 0 Å². The maximum Gasteiger partial charge on any atom is 0.280 e. The van der Waals surface area contributed by atoms with Gasteiger partial charge in [-0.2, -0.15) is 4.68 Å². The van der Waals surface area contributed by atoms with E-state index >= 15 is 0 Å². The molecule has 0 amide bonds. The first-order chi connectivity index (χ1) is 15.9. The van der Waals surface area contributed by atoms with E-state index < -0.39 is 0 Å². The highest BCUT2D eigenvalue weighted by Gasteiger charge is 2.16. The Balaban J connectivity index is 1.58. The van der Waals surface area contributed by atoms with Gasteiger partial charge in [0.05, 0.1) is 26.5 Å². The number of hydrogen-bond donors (Lipinski definition) is 0. The third-order valence-corrected chi connectivity index (χ3v) is 6.95. The smallest absolute Gasteiger partial charge is 0.267 e. The van der Waals surface area contributed by atoms with Crippen molar-refractivity contribution in [2.45, 2.75) is 20.8 Å². The van der Waals surface area contributed by atoms with E-state index in [2.05, 4.69) is 9.97 Å². The van der Waals surface area contributed by atoms with Crippen LogP contribution >= 0.6 is 11.3 Å². The van der Waals surface area contributed by atoms with Crippen LogP contribution in [-0.4, -0.2) is 23.7 Å². The number of para-hydroxylation sites is 3. The van der Waals surface area contributed by atoms with Crippen LogP contribution in [0.2, 0.25) is 0 Å². The van der Waals surface area contributed by atoms with Crippen molar-refractivity contribution in [3.05, 3.63) is 103 Å². The normalized spacial score (nSPS) is 12.5. The predicted octanol–water partition coefficient (Wildman–Crippen LogP) is 3.20. The molecule has 0 fully saturated rings. The lowest BCUT2D eigenvalue weighted by atomic mass is 10.2.